The van der Waals surface area contributed by atoms with Gasteiger partial charge in [-0.05, 0) is 49.2 Å². The number of carbonyl (C=O) groups is 2. The van der Waals surface area contributed by atoms with Gasteiger partial charge in [-0.3, -0.25) is 13.9 Å². The van der Waals surface area contributed by atoms with Gasteiger partial charge in [-0.15, -0.1) is 0 Å². The van der Waals surface area contributed by atoms with E-state index in [1.807, 2.05) is 0 Å². The molecule has 0 aromatic heterocycles. The van der Waals surface area contributed by atoms with Crippen molar-refractivity contribution in [1.82, 2.24) is 10.2 Å². The summed E-state index contributed by atoms with van der Waals surface area (Å²) in [7, 11) is -4.24. The van der Waals surface area contributed by atoms with Gasteiger partial charge in [0.25, 0.3) is 0 Å². The molecule has 2 aromatic carbocycles. The van der Waals surface area contributed by atoms with Crippen molar-refractivity contribution in [2.75, 3.05) is 23.7 Å². The van der Waals surface area contributed by atoms with E-state index < -0.39 is 56.9 Å². The summed E-state index contributed by atoms with van der Waals surface area (Å²) in [5, 5.41) is 2.55. The number of hydrogen-bond acceptors (Lipinski definition) is 4. The first kappa shape index (κ1) is 31.0. The number of rotatable bonds is 10. The third kappa shape index (κ3) is 8.13. The Balaban J connectivity index is 2.55. The number of alkyl halides is 3. The summed E-state index contributed by atoms with van der Waals surface area (Å²) in [5.41, 5.74) is -1.24. The van der Waals surface area contributed by atoms with E-state index >= 15 is 0 Å². The van der Waals surface area contributed by atoms with Gasteiger partial charge in [0.05, 0.1) is 22.5 Å². The first-order chi connectivity index (χ1) is 17.1. The molecule has 0 saturated carbocycles. The van der Waals surface area contributed by atoms with Gasteiger partial charge in [0.2, 0.25) is 21.8 Å². The molecular formula is C23H25Cl3F3N3O4S. The van der Waals surface area contributed by atoms with Crippen LogP contribution in [-0.2, 0) is 32.3 Å². The number of amides is 2. The second-order valence-corrected chi connectivity index (χ2v) is 11.2. The molecule has 2 rings (SSSR count). The third-order valence-corrected chi connectivity index (χ3v) is 7.37. The minimum Gasteiger partial charge on any atom is -0.355 e. The predicted molar refractivity (Wildman–Crippen MR) is 138 cm³/mol. The number of sulfonamides is 1. The van der Waals surface area contributed by atoms with E-state index in [4.69, 9.17) is 34.8 Å². The highest BCUT2D eigenvalue weighted by atomic mass is 35.5. The van der Waals surface area contributed by atoms with E-state index in [1.165, 1.54) is 12.1 Å². The van der Waals surface area contributed by atoms with Crippen molar-refractivity contribution in [3.05, 3.63) is 62.6 Å². The second kappa shape index (κ2) is 12.6. The zero-order valence-corrected chi connectivity index (χ0v) is 23.2. The highest BCUT2D eigenvalue weighted by Crippen LogP contribution is 2.37. The number of likely N-dealkylation sites (N-methyl/N-ethyl adjacent to an activating group) is 1. The van der Waals surface area contributed by atoms with E-state index in [0.29, 0.717) is 21.0 Å². The van der Waals surface area contributed by atoms with Gasteiger partial charge in [0, 0.05) is 23.1 Å². The first-order valence-electron chi connectivity index (χ1n) is 11.0. The molecule has 0 heterocycles. The van der Waals surface area contributed by atoms with Crippen LogP contribution < -0.4 is 9.62 Å². The second-order valence-electron chi connectivity index (χ2n) is 8.01. The van der Waals surface area contributed by atoms with Gasteiger partial charge in [-0.1, -0.05) is 47.8 Å². The smallest absolute Gasteiger partial charge is 0.355 e. The largest absolute Gasteiger partial charge is 0.417 e. The lowest BCUT2D eigenvalue weighted by atomic mass is 10.1. The minimum atomic E-state index is -4.86. The molecule has 204 valence electrons. The highest BCUT2D eigenvalue weighted by molar-refractivity contribution is 7.92. The van der Waals surface area contributed by atoms with Crippen LogP contribution in [0.15, 0.2) is 36.4 Å². The molecule has 0 aliphatic heterocycles. The summed E-state index contributed by atoms with van der Waals surface area (Å²) < 4.78 is 65.9. The van der Waals surface area contributed by atoms with Crippen LogP contribution in [0.5, 0.6) is 0 Å². The summed E-state index contributed by atoms with van der Waals surface area (Å²) in [6.07, 6.45) is -3.94. The van der Waals surface area contributed by atoms with Crippen LogP contribution in [0.4, 0.5) is 18.9 Å². The molecule has 1 N–H and O–H groups in total. The van der Waals surface area contributed by atoms with Crippen molar-refractivity contribution in [2.24, 2.45) is 0 Å². The summed E-state index contributed by atoms with van der Waals surface area (Å²) in [4.78, 5) is 27.4. The molecule has 7 nitrogen and oxygen atoms in total. The number of halogens is 6. The Morgan fingerprint density at radius 2 is 1.68 bits per heavy atom. The number of benzene rings is 2. The van der Waals surface area contributed by atoms with Crippen molar-refractivity contribution in [2.45, 2.75) is 39.0 Å². The van der Waals surface area contributed by atoms with Crippen LogP contribution in [0.2, 0.25) is 15.1 Å². The maximum absolute atomic E-state index is 13.5. The Morgan fingerprint density at radius 3 is 2.19 bits per heavy atom. The van der Waals surface area contributed by atoms with Crippen LogP contribution in [0.1, 0.15) is 31.4 Å². The topological polar surface area (TPSA) is 86.8 Å². The summed E-state index contributed by atoms with van der Waals surface area (Å²) in [5.74, 6) is -1.32. The summed E-state index contributed by atoms with van der Waals surface area (Å²) in [6.45, 7) is 2.57. The van der Waals surface area contributed by atoms with Gasteiger partial charge >= 0.3 is 6.18 Å². The van der Waals surface area contributed by atoms with Crippen molar-refractivity contribution < 1.29 is 31.2 Å². The molecule has 2 aromatic rings. The first-order valence-corrected chi connectivity index (χ1v) is 13.9. The minimum absolute atomic E-state index is 0.167. The summed E-state index contributed by atoms with van der Waals surface area (Å²) >= 11 is 17.9. The highest BCUT2D eigenvalue weighted by Gasteiger charge is 2.36. The van der Waals surface area contributed by atoms with Gasteiger partial charge in [0.1, 0.15) is 12.6 Å². The standard InChI is InChI=1S/C23H25Cl3F3N3O4S/c1-4-20(22(34)30-5-2)31(12-14-6-7-15(24)10-19(14)26)21(33)13-32(37(3,35)36)16-8-9-18(25)17(11-16)23(27,28)29/h6-11,20H,4-5,12-13H2,1-3H3,(H,30,34)/t20-/m0/s1. The number of nitrogens with one attached hydrogen (secondary N) is 1. The Morgan fingerprint density at radius 1 is 1.03 bits per heavy atom. The molecule has 0 aliphatic carbocycles. The normalized spacial score (nSPS) is 12.7. The van der Waals surface area contributed by atoms with Gasteiger partial charge in [-0.2, -0.15) is 13.2 Å². The van der Waals surface area contributed by atoms with Crippen LogP contribution in [-0.4, -0.2) is 50.5 Å². The van der Waals surface area contributed by atoms with Crippen LogP contribution in [0.3, 0.4) is 0 Å². The molecule has 37 heavy (non-hydrogen) atoms. The summed E-state index contributed by atoms with van der Waals surface area (Å²) in [6, 6.07) is 6.04. The fourth-order valence-electron chi connectivity index (χ4n) is 3.54. The molecule has 14 heteroatoms. The zero-order valence-electron chi connectivity index (χ0n) is 20.1. The molecule has 1 atom stereocenters. The monoisotopic (exact) mass is 601 g/mol. The Hall–Kier alpha value is -2.21. The van der Waals surface area contributed by atoms with E-state index in [9.17, 15) is 31.2 Å². The number of anilines is 1. The van der Waals surface area contributed by atoms with Crippen molar-refractivity contribution in [1.29, 1.82) is 0 Å². The van der Waals surface area contributed by atoms with Crippen LogP contribution >= 0.6 is 34.8 Å². The fourth-order valence-corrected chi connectivity index (χ4v) is 5.08. The fraction of sp³-hybridized carbons (Fsp3) is 0.391. The Labute approximate surface area is 228 Å². The lowest BCUT2D eigenvalue weighted by Gasteiger charge is -2.33. The molecule has 0 fully saturated rings. The predicted octanol–water partition coefficient (Wildman–Crippen LogP) is 5.38. The molecule has 0 aliphatic rings. The van der Waals surface area contributed by atoms with Gasteiger partial charge in [-0.25, -0.2) is 8.42 Å². The molecule has 0 radical (unpaired) electrons. The quantitative estimate of drug-likeness (QED) is 0.396. The average molecular weight is 603 g/mol. The number of hydrogen-bond donors (Lipinski definition) is 1. The zero-order chi connectivity index (χ0) is 28.1. The van der Waals surface area contributed by atoms with E-state index in [2.05, 4.69) is 5.32 Å². The van der Waals surface area contributed by atoms with E-state index in [1.54, 1.807) is 19.9 Å². The van der Waals surface area contributed by atoms with Crippen molar-refractivity contribution in [3.63, 3.8) is 0 Å². The molecule has 0 spiro atoms. The molecule has 0 bridgehead atoms. The third-order valence-electron chi connectivity index (χ3n) is 5.32. The Kier molecular flexibility index (Phi) is 10.5. The maximum atomic E-state index is 13.5. The van der Waals surface area contributed by atoms with E-state index in [0.717, 1.165) is 23.3 Å². The van der Waals surface area contributed by atoms with Crippen molar-refractivity contribution in [3.8, 4) is 0 Å². The molecule has 0 saturated heterocycles. The number of carbonyl (C=O) groups excluding carboxylic acids is 2. The van der Waals surface area contributed by atoms with Crippen LogP contribution in [0.25, 0.3) is 0 Å². The van der Waals surface area contributed by atoms with E-state index in [-0.39, 0.29) is 24.5 Å². The Bertz CT molecular complexity index is 1260. The average Bonchev–Trinajstić information content (AvgIpc) is 2.77. The van der Waals surface area contributed by atoms with Crippen molar-refractivity contribution >= 4 is 62.3 Å². The lowest BCUT2D eigenvalue weighted by molar-refractivity contribution is -0.140. The molecular weight excluding hydrogens is 578 g/mol. The SMILES string of the molecule is CCNC(=O)[C@H](CC)N(Cc1ccc(Cl)cc1Cl)C(=O)CN(c1ccc(Cl)c(C(F)(F)F)c1)S(C)(=O)=O. The lowest BCUT2D eigenvalue weighted by Crippen LogP contribution is -2.52. The number of nitrogens with zero attached hydrogens (tertiary/aromatic N) is 2. The van der Waals surface area contributed by atoms with Crippen LogP contribution in [0, 0.1) is 0 Å². The molecule has 2 amide bonds. The van der Waals surface area contributed by atoms with Gasteiger partial charge < -0.3 is 10.2 Å². The molecule has 0 unspecified atom stereocenters. The van der Waals surface area contributed by atoms with Gasteiger partial charge in [0.15, 0.2) is 0 Å². The maximum Gasteiger partial charge on any atom is 0.417 e.